The van der Waals surface area contributed by atoms with Crippen LogP contribution in [0.1, 0.15) is 37.8 Å². The van der Waals surface area contributed by atoms with Crippen LogP contribution in [0.5, 0.6) is 0 Å². The molecule has 28 heavy (non-hydrogen) atoms. The van der Waals surface area contributed by atoms with Crippen molar-refractivity contribution in [3.05, 3.63) is 63.9 Å². The Morgan fingerprint density at radius 1 is 1.25 bits per heavy atom. The normalized spacial score (nSPS) is 24.2. The predicted octanol–water partition coefficient (Wildman–Crippen LogP) is 5.64. The number of aliphatic hydroxyl groups is 1. The Kier molecular flexibility index (Phi) is 4.55. The summed E-state index contributed by atoms with van der Waals surface area (Å²) in [6, 6.07) is 6.97. The number of fused-ring (bicyclic) bond motifs is 2. The zero-order valence-corrected chi connectivity index (χ0v) is 16.2. The van der Waals surface area contributed by atoms with Crippen LogP contribution in [-0.4, -0.2) is 22.6 Å². The minimum Gasteiger partial charge on any atom is -0.508 e. The number of aliphatic hydroxyl groups excluding tert-OH is 1. The SMILES string of the molecule is CCc1cc(-c2c(F)cc(Cl)cc2F)ccc1C1=C(O)C2(C)CCC(O2)C1=O. The monoisotopic (exact) mass is 404 g/mol. The number of halogens is 3. The molecule has 1 fully saturated rings. The molecule has 3 nitrogen and oxygen atoms in total. The van der Waals surface area contributed by atoms with Crippen molar-refractivity contribution in [2.75, 3.05) is 0 Å². The summed E-state index contributed by atoms with van der Waals surface area (Å²) < 4.78 is 34.4. The fraction of sp³-hybridized carbons (Fsp3) is 0.318. The van der Waals surface area contributed by atoms with Gasteiger partial charge in [-0.15, -0.1) is 0 Å². The molecular formula is C22H19ClF2O3. The van der Waals surface area contributed by atoms with E-state index in [0.717, 1.165) is 12.1 Å². The van der Waals surface area contributed by atoms with Crippen LogP contribution >= 0.6 is 11.6 Å². The summed E-state index contributed by atoms with van der Waals surface area (Å²) in [6.07, 6.45) is 1.08. The third kappa shape index (κ3) is 2.85. The first-order chi connectivity index (χ1) is 13.2. The van der Waals surface area contributed by atoms with E-state index in [-0.39, 0.29) is 27.7 Å². The van der Waals surface area contributed by atoms with E-state index in [2.05, 4.69) is 0 Å². The van der Waals surface area contributed by atoms with Crippen LogP contribution in [0, 0.1) is 11.6 Å². The van der Waals surface area contributed by atoms with Crippen molar-refractivity contribution in [1.82, 2.24) is 0 Å². The Bertz CT molecular complexity index is 1010. The first kappa shape index (κ1) is 19.1. The quantitative estimate of drug-likeness (QED) is 0.720. The molecule has 2 heterocycles. The molecule has 0 saturated carbocycles. The second kappa shape index (κ2) is 6.68. The average Bonchev–Trinajstić information content (AvgIpc) is 3.01. The van der Waals surface area contributed by atoms with Gasteiger partial charge >= 0.3 is 0 Å². The summed E-state index contributed by atoms with van der Waals surface area (Å²) in [4.78, 5) is 12.8. The van der Waals surface area contributed by atoms with Gasteiger partial charge in [-0.2, -0.15) is 0 Å². The zero-order valence-electron chi connectivity index (χ0n) is 15.5. The molecule has 0 spiro atoms. The van der Waals surface area contributed by atoms with Crippen LogP contribution in [0.25, 0.3) is 16.7 Å². The van der Waals surface area contributed by atoms with Crippen molar-refractivity contribution in [2.45, 2.75) is 44.8 Å². The summed E-state index contributed by atoms with van der Waals surface area (Å²) in [5, 5.41) is 10.7. The molecule has 0 aromatic heterocycles. The molecule has 2 aromatic carbocycles. The molecule has 0 amide bonds. The number of aryl methyl sites for hydroxylation is 1. The number of Topliss-reactive ketones (excluding diaryl/α,β-unsaturated/α-hetero) is 1. The molecule has 0 aliphatic carbocycles. The van der Waals surface area contributed by atoms with Crippen LogP contribution in [0.2, 0.25) is 5.02 Å². The van der Waals surface area contributed by atoms with E-state index in [1.807, 2.05) is 6.92 Å². The van der Waals surface area contributed by atoms with Crippen molar-refractivity contribution in [2.24, 2.45) is 0 Å². The van der Waals surface area contributed by atoms with Gasteiger partial charge in [0, 0.05) is 5.02 Å². The zero-order chi connectivity index (χ0) is 20.2. The number of rotatable bonds is 3. The third-order valence-electron chi connectivity index (χ3n) is 5.61. The first-order valence-corrected chi connectivity index (χ1v) is 9.57. The van der Waals surface area contributed by atoms with Crippen molar-refractivity contribution < 1.29 is 23.4 Å². The van der Waals surface area contributed by atoms with Gasteiger partial charge in [0.1, 0.15) is 29.1 Å². The number of hydrogen-bond donors (Lipinski definition) is 1. The van der Waals surface area contributed by atoms with E-state index in [9.17, 15) is 18.7 Å². The van der Waals surface area contributed by atoms with Gasteiger partial charge in [-0.3, -0.25) is 4.79 Å². The molecule has 2 unspecified atom stereocenters. The van der Waals surface area contributed by atoms with Crippen molar-refractivity contribution in [1.29, 1.82) is 0 Å². The van der Waals surface area contributed by atoms with E-state index >= 15 is 0 Å². The lowest BCUT2D eigenvalue weighted by Gasteiger charge is -2.31. The van der Waals surface area contributed by atoms with Crippen molar-refractivity contribution in [3.8, 4) is 11.1 Å². The van der Waals surface area contributed by atoms with Gasteiger partial charge in [-0.1, -0.05) is 36.7 Å². The number of carbonyl (C=O) groups excluding carboxylic acids is 1. The van der Waals surface area contributed by atoms with Crippen LogP contribution in [0.4, 0.5) is 8.78 Å². The standard InChI is InChI=1S/C22H19ClF2O3/c1-3-11-8-12(18-15(24)9-13(23)10-16(18)25)4-5-14(11)19-20(26)17-6-7-22(2,28-17)21(19)27/h4-5,8-10,17,27H,3,6-7H2,1-2H3. The van der Waals surface area contributed by atoms with Crippen molar-refractivity contribution >= 4 is 23.0 Å². The highest BCUT2D eigenvalue weighted by atomic mass is 35.5. The molecule has 1 N–H and O–H groups in total. The first-order valence-electron chi connectivity index (χ1n) is 9.19. The summed E-state index contributed by atoms with van der Waals surface area (Å²) in [5.41, 5.74) is 0.842. The summed E-state index contributed by atoms with van der Waals surface area (Å²) >= 11 is 5.71. The Morgan fingerprint density at radius 3 is 2.57 bits per heavy atom. The Labute approximate surface area is 166 Å². The molecule has 2 aliphatic heterocycles. The topological polar surface area (TPSA) is 46.5 Å². The van der Waals surface area contributed by atoms with Crippen molar-refractivity contribution in [3.63, 3.8) is 0 Å². The van der Waals surface area contributed by atoms with Crippen LogP contribution in [-0.2, 0) is 16.0 Å². The van der Waals surface area contributed by atoms with Gasteiger partial charge in [0.25, 0.3) is 0 Å². The fourth-order valence-electron chi connectivity index (χ4n) is 4.10. The van der Waals surface area contributed by atoms with Crippen LogP contribution in [0.15, 0.2) is 36.1 Å². The molecular weight excluding hydrogens is 386 g/mol. The second-order valence-electron chi connectivity index (χ2n) is 7.43. The molecule has 2 bridgehead atoms. The Balaban J connectivity index is 1.87. The predicted molar refractivity (Wildman–Crippen MR) is 103 cm³/mol. The number of ether oxygens (including phenoxy) is 1. The maximum Gasteiger partial charge on any atom is 0.195 e. The van der Waals surface area contributed by atoms with Gasteiger partial charge in [0.15, 0.2) is 5.78 Å². The molecule has 2 aromatic rings. The minimum absolute atomic E-state index is 0.0160. The smallest absolute Gasteiger partial charge is 0.195 e. The molecule has 0 radical (unpaired) electrons. The molecule has 2 atom stereocenters. The van der Waals surface area contributed by atoms with Crippen LogP contribution in [0.3, 0.4) is 0 Å². The molecule has 2 aliphatic rings. The fourth-order valence-corrected chi connectivity index (χ4v) is 4.29. The highest BCUT2D eigenvalue weighted by molar-refractivity contribution is 6.30. The van der Waals surface area contributed by atoms with Gasteiger partial charge in [0.2, 0.25) is 0 Å². The maximum atomic E-state index is 14.3. The second-order valence-corrected chi connectivity index (χ2v) is 7.87. The lowest BCUT2D eigenvalue weighted by Crippen LogP contribution is -2.37. The Morgan fingerprint density at radius 2 is 1.93 bits per heavy atom. The number of hydrogen-bond acceptors (Lipinski definition) is 3. The minimum atomic E-state index is -0.869. The largest absolute Gasteiger partial charge is 0.508 e. The van der Waals surface area contributed by atoms with Gasteiger partial charge in [-0.05, 0) is 55.0 Å². The lowest BCUT2D eigenvalue weighted by atomic mass is 9.86. The molecule has 4 rings (SSSR count). The molecule has 146 valence electrons. The summed E-state index contributed by atoms with van der Waals surface area (Å²) in [5.74, 6) is -1.83. The summed E-state index contributed by atoms with van der Waals surface area (Å²) in [7, 11) is 0. The Hall–Kier alpha value is -2.24. The number of benzene rings is 2. The number of carbonyl (C=O) groups is 1. The molecule has 1 saturated heterocycles. The lowest BCUT2D eigenvalue weighted by molar-refractivity contribution is -0.130. The van der Waals surface area contributed by atoms with E-state index in [0.29, 0.717) is 36.0 Å². The van der Waals surface area contributed by atoms with Gasteiger partial charge in [0.05, 0.1) is 11.1 Å². The van der Waals surface area contributed by atoms with Gasteiger partial charge < -0.3 is 9.84 Å². The summed E-state index contributed by atoms with van der Waals surface area (Å²) in [6.45, 7) is 3.65. The van der Waals surface area contributed by atoms with E-state index in [4.69, 9.17) is 16.3 Å². The number of ketones is 1. The highest BCUT2D eigenvalue weighted by Crippen LogP contribution is 2.45. The van der Waals surface area contributed by atoms with Gasteiger partial charge in [-0.25, -0.2) is 8.78 Å². The van der Waals surface area contributed by atoms with Crippen LogP contribution < -0.4 is 0 Å². The van der Waals surface area contributed by atoms with E-state index in [1.54, 1.807) is 25.1 Å². The highest BCUT2D eigenvalue weighted by Gasteiger charge is 2.50. The average molecular weight is 405 g/mol. The third-order valence-corrected chi connectivity index (χ3v) is 5.83. The molecule has 6 heteroatoms. The maximum absolute atomic E-state index is 14.3. The van der Waals surface area contributed by atoms with E-state index < -0.39 is 23.3 Å². The van der Waals surface area contributed by atoms with E-state index in [1.165, 1.54) is 0 Å².